The van der Waals surface area contributed by atoms with Crippen LogP contribution in [-0.4, -0.2) is 22.2 Å². The Morgan fingerprint density at radius 2 is 0.826 bits per heavy atom. The van der Waals surface area contributed by atoms with Gasteiger partial charge in [0.2, 0.25) is 0 Å². The lowest BCUT2D eigenvalue weighted by atomic mass is 10.1. The van der Waals surface area contributed by atoms with Crippen molar-refractivity contribution in [3.63, 3.8) is 0 Å². The first-order valence-electron chi connectivity index (χ1n) is 14.2. The Balaban J connectivity index is 1.45. The second kappa shape index (κ2) is 13.7. The number of nitrogens with zero attached hydrogens (tertiary/aromatic N) is 3. The topological polar surface area (TPSA) is 86.6 Å². The molecule has 2 N–H and O–H groups in total. The zero-order valence-electron chi connectivity index (χ0n) is 24.8. The van der Waals surface area contributed by atoms with Crippen LogP contribution in [0.3, 0.4) is 0 Å². The van der Waals surface area contributed by atoms with Crippen LogP contribution >= 0.6 is 0 Å². The molecule has 0 amide bonds. The summed E-state index contributed by atoms with van der Waals surface area (Å²) in [6.07, 6.45) is 3.54. The van der Waals surface area contributed by atoms with Crippen molar-refractivity contribution in [2.24, 2.45) is 0 Å². The molecule has 46 heavy (non-hydrogen) atoms. The van der Waals surface area contributed by atoms with Crippen molar-refractivity contribution in [3.8, 4) is 0 Å². The number of hydrogen-bond donors (Lipinski definition) is 2. The Labute approximate surface area is 266 Å². The third-order valence-corrected chi connectivity index (χ3v) is 7.30. The van der Waals surface area contributed by atoms with Gasteiger partial charge in [-0.2, -0.15) is 0 Å². The highest BCUT2D eigenvalue weighted by Crippen LogP contribution is 2.35. The molecule has 0 radical (unpaired) electrons. The summed E-state index contributed by atoms with van der Waals surface area (Å²) in [6, 6.07) is 36.3. The minimum absolute atomic E-state index is 0.164. The van der Waals surface area contributed by atoms with Crippen molar-refractivity contribution < 1.29 is 19.8 Å². The van der Waals surface area contributed by atoms with E-state index in [0.29, 0.717) is 22.5 Å². The van der Waals surface area contributed by atoms with Crippen LogP contribution in [0.25, 0.3) is 33.2 Å². The predicted octanol–water partition coefficient (Wildman–Crippen LogP) is 9.70. The van der Waals surface area contributed by atoms with E-state index >= 15 is 0 Å². The van der Waals surface area contributed by atoms with Gasteiger partial charge in [0.05, 0.1) is 24.3 Å². The number of benzene rings is 5. The van der Waals surface area contributed by atoms with Gasteiger partial charge in [-0.05, 0) is 102 Å². The Kier molecular flexibility index (Phi) is 9.18. The van der Waals surface area contributed by atoms with E-state index in [1.807, 2.05) is 79.7 Å². The third-order valence-electron chi connectivity index (χ3n) is 7.30. The van der Waals surface area contributed by atoms with Crippen LogP contribution in [0.5, 0.6) is 0 Å². The van der Waals surface area contributed by atoms with E-state index in [-0.39, 0.29) is 11.1 Å². The molecule has 5 rings (SSSR count). The van der Waals surface area contributed by atoms with Crippen molar-refractivity contribution in [1.82, 2.24) is 0 Å². The third kappa shape index (κ3) is 7.08. The predicted molar refractivity (Wildman–Crippen MR) is 182 cm³/mol. The molecule has 0 fully saturated rings. The molecule has 0 heterocycles. The first-order chi connectivity index (χ1) is 22.2. The second-order valence-electron chi connectivity index (χ2n) is 10.4. The van der Waals surface area contributed by atoms with Crippen LogP contribution in [0.15, 0.2) is 121 Å². The average Bonchev–Trinajstić information content (AvgIpc) is 3.08. The number of anilines is 3. The summed E-state index contributed by atoms with van der Waals surface area (Å²) in [4.78, 5) is 31.8. The molecular formula is C39H27N3O4. The van der Waals surface area contributed by atoms with Gasteiger partial charge in [0.25, 0.3) is 0 Å². The molecule has 0 aliphatic heterocycles. The van der Waals surface area contributed by atoms with E-state index in [9.17, 15) is 19.8 Å². The Bertz CT molecular complexity index is 1900. The zero-order chi connectivity index (χ0) is 32.6. The van der Waals surface area contributed by atoms with E-state index < -0.39 is 11.9 Å². The molecule has 0 atom stereocenters. The lowest BCUT2D eigenvalue weighted by Gasteiger charge is -2.26. The van der Waals surface area contributed by atoms with Gasteiger partial charge in [0.15, 0.2) is 11.4 Å². The van der Waals surface area contributed by atoms with E-state index in [0.717, 1.165) is 33.8 Å². The lowest BCUT2D eigenvalue weighted by molar-refractivity contribution is 0.0686. The number of carboxylic acid groups (broad SMARTS) is 2. The minimum atomic E-state index is -1.02. The Morgan fingerprint density at radius 1 is 0.522 bits per heavy atom. The van der Waals surface area contributed by atoms with Gasteiger partial charge in [0.1, 0.15) is 0 Å². The number of rotatable bonds is 9. The second-order valence-corrected chi connectivity index (χ2v) is 10.4. The van der Waals surface area contributed by atoms with Crippen LogP contribution in [-0.2, 0) is 0 Å². The largest absolute Gasteiger partial charge is 0.478 e. The van der Waals surface area contributed by atoms with Gasteiger partial charge < -0.3 is 15.1 Å². The normalized spacial score (nSPS) is 11.3. The van der Waals surface area contributed by atoms with Gasteiger partial charge in [-0.3, -0.25) is 0 Å². The Morgan fingerprint density at radius 3 is 1.13 bits per heavy atom. The fraction of sp³-hybridized carbons (Fsp3) is 0.0256. The quantitative estimate of drug-likeness (QED) is 0.130. The molecule has 0 saturated carbocycles. The van der Waals surface area contributed by atoms with Crippen molar-refractivity contribution in [2.75, 3.05) is 4.90 Å². The van der Waals surface area contributed by atoms with E-state index in [1.54, 1.807) is 36.4 Å². The Hall–Kier alpha value is -6.70. The highest BCUT2D eigenvalue weighted by atomic mass is 16.4. The molecule has 0 aliphatic carbocycles. The van der Waals surface area contributed by atoms with E-state index in [4.69, 9.17) is 13.1 Å². The zero-order valence-corrected chi connectivity index (χ0v) is 24.8. The van der Waals surface area contributed by atoms with Gasteiger partial charge in [0, 0.05) is 17.1 Å². The number of hydrogen-bond acceptors (Lipinski definition) is 3. The summed E-state index contributed by atoms with van der Waals surface area (Å²) in [5.74, 6) is -2.03. The maximum Gasteiger partial charge on any atom is 0.335 e. The van der Waals surface area contributed by atoms with Crippen molar-refractivity contribution in [2.45, 2.75) is 6.92 Å². The van der Waals surface area contributed by atoms with Gasteiger partial charge >= 0.3 is 11.9 Å². The van der Waals surface area contributed by atoms with Crippen molar-refractivity contribution >= 4 is 52.5 Å². The molecule has 0 unspecified atom stereocenters. The van der Waals surface area contributed by atoms with Crippen LogP contribution in [0, 0.1) is 20.1 Å². The molecule has 7 heteroatoms. The summed E-state index contributed by atoms with van der Waals surface area (Å²) in [5.41, 5.74) is 7.95. The monoisotopic (exact) mass is 601 g/mol. The molecule has 0 saturated heterocycles. The summed E-state index contributed by atoms with van der Waals surface area (Å²) < 4.78 is 0. The highest BCUT2D eigenvalue weighted by Gasteiger charge is 2.13. The van der Waals surface area contributed by atoms with Gasteiger partial charge in [-0.25, -0.2) is 19.3 Å². The average molecular weight is 602 g/mol. The molecule has 5 aromatic rings. The van der Waals surface area contributed by atoms with Crippen LogP contribution in [0.1, 0.15) is 48.5 Å². The number of carbonyl (C=O) groups is 2. The fourth-order valence-corrected chi connectivity index (χ4v) is 4.82. The molecule has 7 nitrogen and oxygen atoms in total. The molecule has 0 aromatic heterocycles. The standard InChI is InChI=1S/C39H27N3O4/c1-26-4-18-33(19-5-26)42(34-20-6-27(7-21-34)24-36(40-2)29-10-14-31(15-11-29)38(43)44)35-22-8-28(9-23-35)25-37(41-3)30-12-16-32(17-13-30)39(45)46/h4-25H,1H3,(H,43,44)(H,45,46)/b36-24-,37-25-. The summed E-state index contributed by atoms with van der Waals surface area (Å²) in [5, 5.41) is 18.3. The molecule has 0 aliphatic rings. The summed E-state index contributed by atoms with van der Waals surface area (Å²) >= 11 is 0. The molecule has 5 aromatic carbocycles. The van der Waals surface area contributed by atoms with Gasteiger partial charge in [-0.15, -0.1) is 0 Å². The summed E-state index contributed by atoms with van der Waals surface area (Å²) in [7, 11) is 0. The first kappa shape index (κ1) is 30.7. The first-order valence-corrected chi connectivity index (χ1v) is 14.2. The number of aryl methyl sites for hydroxylation is 1. The van der Waals surface area contributed by atoms with Crippen LogP contribution < -0.4 is 4.90 Å². The maximum absolute atomic E-state index is 11.2. The molecular weight excluding hydrogens is 574 g/mol. The SMILES string of the molecule is [C-]#[N+]/C(=C\c1ccc(N(c2ccc(C)cc2)c2ccc(/C=C(\[N+]#[C-])c3ccc(C(=O)O)cc3)cc2)cc1)c1ccc(C(=O)O)cc1. The number of aromatic carboxylic acids is 2. The fourth-order valence-electron chi connectivity index (χ4n) is 4.82. The molecule has 222 valence electrons. The van der Waals surface area contributed by atoms with Gasteiger partial charge in [-0.1, -0.05) is 66.2 Å². The van der Waals surface area contributed by atoms with E-state index in [2.05, 4.69) is 14.6 Å². The summed E-state index contributed by atoms with van der Waals surface area (Å²) in [6.45, 7) is 17.4. The van der Waals surface area contributed by atoms with Crippen molar-refractivity contribution in [1.29, 1.82) is 0 Å². The minimum Gasteiger partial charge on any atom is -0.478 e. The van der Waals surface area contributed by atoms with Crippen LogP contribution in [0.2, 0.25) is 0 Å². The number of carboxylic acids is 2. The smallest absolute Gasteiger partial charge is 0.335 e. The molecule has 0 bridgehead atoms. The van der Waals surface area contributed by atoms with E-state index in [1.165, 1.54) is 24.3 Å². The van der Waals surface area contributed by atoms with Crippen LogP contribution in [0.4, 0.5) is 17.1 Å². The molecule has 0 spiro atoms. The maximum atomic E-state index is 11.2. The lowest BCUT2D eigenvalue weighted by Crippen LogP contribution is -2.09. The van der Waals surface area contributed by atoms with Crippen molar-refractivity contribution in [3.05, 3.63) is 183 Å². The highest BCUT2D eigenvalue weighted by molar-refractivity contribution is 5.91.